The fourth-order valence-corrected chi connectivity index (χ4v) is 6.79. The number of hydrogen-bond acceptors (Lipinski definition) is 4. The van der Waals surface area contributed by atoms with E-state index in [-0.39, 0.29) is 36.0 Å². The summed E-state index contributed by atoms with van der Waals surface area (Å²) in [6.07, 6.45) is 0. The van der Waals surface area contributed by atoms with E-state index < -0.39 is 20.0 Å². The molecule has 1 fully saturated rings. The number of halogens is 1. The van der Waals surface area contributed by atoms with Crippen LogP contribution in [0, 0.1) is 27.7 Å². The number of piperazine rings is 1. The molecule has 9 heteroatoms. The lowest BCUT2D eigenvalue weighted by atomic mass is 10.1. The molecule has 6 nitrogen and oxygen atoms in total. The van der Waals surface area contributed by atoms with E-state index >= 15 is 0 Å². The number of aryl methyl sites for hydroxylation is 4. The highest BCUT2D eigenvalue weighted by Crippen LogP contribution is 2.28. The highest BCUT2D eigenvalue weighted by atomic mass is 35.5. The molecule has 3 rings (SSSR count). The van der Waals surface area contributed by atoms with Crippen LogP contribution in [0.5, 0.6) is 0 Å². The summed E-state index contributed by atoms with van der Waals surface area (Å²) in [5.74, 6) is 0. The Balaban J connectivity index is 1.81. The molecule has 0 N–H and O–H groups in total. The minimum Gasteiger partial charge on any atom is -0.207 e. The van der Waals surface area contributed by atoms with Crippen molar-refractivity contribution in [3.05, 3.63) is 57.6 Å². The van der Waals surface area contributed by atoms with Gasteiger partial charge in [-0.2, -0.15) is 8.61 Å². The molecule has 29 heavy (non-hydrogen) atoms. The highest BCUT2D eigenvalue weighted by Gasteiger charge is 2.34. The van der Waals surface area contributed by atoms with Gasteiger partial charge in [-0.3, -0.25) is 0 Å². The van der Waals surface area contributed by atoms with Gasteiger partial charge in [-0.15, -0.1) is 0 Å². The minimum atomic E-state index is -3.72. The maximum Gasteiger partial charge on any atom is 0.243 e. The SMILES string of the molecule is Cc1ccc(S(=O)(=O)N2CCN(S(=O)(=O)c3cc(C)c(Cl)cc3C)CC2)cc1C. The van der Waals surface area contributed by atoms with E-state index in [1.54, 1.807) is 44.2 Å². The van der Waals surface area contributed by atoms with Crippen LogP contribution in [0.15, 0.2) is 40.1 Å². The van der Waals surface area contributed by atoms with Crippen LogP contribution in [0.1, 0.15) is 22.3 Å². The smallest absolute Gasteiger partial charge is 0.207 e. The summed E-state index contributed by atoms with van der Waals surface area (Å²) in [7, 11) is -7.39. The number of rotatable bonds is 4. The quantitative estimate of drug-likeness (QED) is 0.707. The first-order chi connectivity index (χ1) is 13.4. The molecule has 0 saturated carbocycles. The zero-order chi connectivity index (χ0) is 21.6. The van der Waals surface area contributed by atoms with E-state index in [2.05, 4.69) is 0 Å². The maximum absolute atomic E-state index is 13.1. The van der Waals surface area contributed by atoms with Crippen LogP contribution in [0.25, 0.3) is 0 Å². The molecule has 1 aliphatic rings. The molecule has 0 radical (unpaired) electrons. The van der Waals surface area contributed by atoms with E-state index in [4.69, 9.17) is 11.6 Å². The molecule has 0 amide bonds. The zero-order valence-electron chi connectivity index (χ0n) is 16.9. The van der Waals surface area contributed by atoms with Crippen LogP contribution in [0.4, 0.5) is 0 Å². The number of sulfonamides is 2. The van der Waals surface area contributed by atoms with Gasteiger partial charge in [0.15, 0.2) is 0 Å². The van der Waals surface area contributed by atoms with E-state index in [1.807, 2.05) is 13.8 Å². The first-order valence-corrected chi connectivity index (χ1v) is 12.5. The molecule has 1 heterocycles. The third kappa shape index (κ3) is 4.22. The Bertz CT molecular complexity index is 1150. The van der Waals surface area contributed by atoms with Gasteiger partial charge in [0.25, 0.3) is 0 Å². The zero-order valence-corrected chi connectivity index (χ0v) is 19.3. The second kappa shape index (κ2) is 8.00. The normalized spacial score (nSPS) is 16.9. The Kier molecular flexibility index (Phi) is 6.13. The monoisotopic (exact) mass is 456 g/mol. The van der Waals surface area contributed by atoms with Crippen molar-refractivity contribution in [1.29, 1.82) is 0 Å². The molecule has 0 bridgehead atoms. The number of benzene rings is 2. The van der Waals surface area contributed by atoms with Gasteiger partial charge in [-0.1, -0.05) is 17.7 Å². The lowest BCUT2D eigenvalue weighted by Crippen LogP contribution is -2.50. The third-order valence-corrected chi connectivity index (χ3v) is 9.73. The number of hydrogen-bond donors (Lipinski definition) is 0. The summed E-state index contributed by atoms with van der Waals surface area (Å²) in [6, 6.07) is 8.26. The second-order valence-corrected chi connectivity index (χ2v) is 11.7. The van der Waals surface area contributed by atoms with Crippen molar-refractivity contribution in [3.8, 4) is 0 Å². The Morgan fingerprint density at radius 2 is 1.24 bits per heavy atom. The van der Waals surface area contributed by atoms with Gasteiger partial charge in [0.2, 0.25) is 20.0 Å². The maximum atomic E-state index is 13.1. The van der Waals surface area contributed by atoms with E-state index in [0.29, 0.717) is 16.1 Å². The first kappa shape index (κ1) is 22.2. The topological polar surface area (TPSA) is 74.8 Å². The van der Waals surface area contributed by atoms with Crippen LogP contribution >= 0.6 is 11.6 Å². The van der Waals surface area contributed by atoms with Crippen LogP contribution in [0.3, 0.4) is 0 Å². The fraction of sp³-hybridized carbons (Fsp3) is 0.400. The predicted molar refractivity (Wildman–Crippen MR) is 114 cm³/mol. The Labute approximate surface area is 178 Å². The van der Waals surface area contributed by atoms with Crippen molar-refractivity contribution in [2.75, 3.05) is 26.2 Å². The molecule has 1 aliphatic heterocycles. The molecule has 0 aromatic heterocycles. The average Bonchev–Trinajstić information content (AvgIpc) is 2.66. The Morgan fingerprint density at radius 3 is 1.79 bits per heavy atom. The lowest BCUT2D eigenvalue weighted by molar-refractivity contribution is 0.272. The molecule has 0 unspecified atom stereocenters. The molecular weight excluding hydrogens is 432 g/mol. The summed E-state index contributed by atoms with van der Waals surface area (Å²) >= 11 is 6.09. The summed E-state index contributed by atoms with van der Waals surface area (Å²) in [5, 5.41) is 0.519. The Hall–Kier alpha value is -1.45. The standard InChI is InChI=1S/C20H25ClN2O4S2/c1-14-5-6-18(11-15(14)2)28(24,25)22-7-9-23(10-8-22)29(26,27)20-13-16(3)19(21)12-17(20)4/h5-6,11-13H,7-10H2,1-4H3. The lowest BCUT2D eigenvalue weighted by Gasteiger charge is -2.33. The second-order valence-electron chi connectivity index (χ2n) is 7.42. The van der Waals surface area contributed by atoms with Gasteiger partial charge in [-0.25, -0.2) is 16.8 Å². The van der Waals surface area contributed by atoms with Crippen LogP contribution in [0.2, 0.25) is 5.02 Å². The van der Waals surface area contributed by atoms with Gasteiger partial charge in [0.05, 0.1) is 9.79 Å². The van der Waals surface area contributed by atoms with Crippen LogP contribution < -0.4 is 0 Å². The largest absolute Gasteiger partial charge is 0.243 e. The van der Waals surface area contributed by atoms with Crippen molar-refractivity contribution in [1.82, 2.24) is 8.61 Å². The van der Waals surface area contributed by atoms with Gasteiger partial charge in [0, 0.05) is 31.2 Å². The fourth-order valence-electron chi connectivity index (χ4n) is 3.35. The predicted octanol–water partition coefficient (Wildman–Crippen LogP) is 3.27. The first-order valence-electron chi connectivity index (χ1n) is 9.29. The molecule has 158 valence electrons. The highest BCUT2D eigenvalue weighted by molar-refractivity contribution is 7.89. The molecule has 0 atom stereocenters. The molecule has 0 spiro atoms. The average molecular weight is 457 g/mol. The molecule has 1 saturated heterocycles. The van der Waals surface area contributed by atoms with Crippen molar-refractivity contribution in [2.45, 2.75) is 37.5 Å². The van der Waals surface area contributed by atoms with E-state index in [9.17, 15) is 16.8 Å². The Morgan fingerprint density at radius 1 is 0.690 bits per heavy atom. The third-order valence-electron chi connectivity index (χ3n) is 5.39. The molecular formula is C20H25ClN2O4S2. The van der Waals surface area contributed by atoms with Crippen LogP contribution in [-0.2, 0) is 20.0 Å². The summed E-state index contributed by atoms with van der Waals surface area (Å²) in [5.41, 5.74) is 3.19. The van der Waals surface area contributed by atoms with Gasteiger partial charge < -0.3 is 0 Å². The molecule has 0 aliphatic carbocycles. The van der Waals surface area contributed by atoms with E-state index in [0.717, 1.165) is 11.1 Å². The molecule has 2 aromatic rings. The van der Waals surface area contributed by atoms with Crippen molar-refractivity contribution in [2.24, 2.45) is 0 Å². The molecule has 2 aromatic carbocycles. The summed E-state index contributed by atoms with van der Waals surface area (Å²) in [4.78, 5) is 0.450. The van der Waals surface area contributed by atoms with Gasteiger partial charge in [-0.05, 0) is 74.2 Å². The van der Waals surface area contributed by atoms with Crippen molar-refractivity contribution in [3.63, 3.8) is 0 Å². The summed E-state index contributed by atoms with van der Waals surface area (Å²) in [6.45, 7) is 7.69. The van der Waals surface area contributed by atoms with Crippen LogP contribution in [-0.4, -0.2) is 51.6 Å². The van der Waals surface area contributed by atoms with Gasteiger partial charge in [0.1, 0.15) is 0 Å². The minimum absolute atomic E-state index is 0.105. The van der Waals surface area contributed by atoms with Gasteiger partial charge >= 0.3 is 0 Å². The summed E-state index contributed by atoms with van der Waals surface area (Å²) < 4.78 is 54.8. The van der Waals surface area contributed by atoms with Crippen molar-refractivity contribution < 1.29 is 16.8 Å². The van der Waals surface area contributed by atoms with Crippen molar-refractivity contribution >= 4 is 31.6 Å². The number of nitrogens with zero attached hydrogens (tertiary/aromatic N) is 2. The van der Waals surface area contributed by atoms with E-state index in [1.165, 1.54) is 8.61 Å².